The maximum absolute atomic E-state index is 12.9. The molecule has 1 aliphatic carbocycles. The van der Waals surface area contributed by atoms with Crippen LogP contribution >= 0.6 is 16.4 Å². The Morgan fingerprint density at radius 1 is 1.24 bits per heavy atom. The molecule has 3 atom stereocenters. The quantitative estimate of drug-likeness (QED) is 0.299. The number of piperidine rings is 1. The van der Waals surface area contributed by atoms with E-state index in [1.807, 2.05) is 4.90 Å². The minimum atomic E-state index is -4.92. The van der Waals surface area contributed by atoms with Crippen LogP contribution in [0.2, 0.25) is 0 Å². The van der Waals surface area contributed by atoms with Crippen LogP contribution in [0.1, 0.15) is 49.0 Å². The molecule has 1 saturated carbocycles. The fourth-order valence-corrected chi connectivity index (χ4v) is 5.35. The Kier molecular flexibility index (Phi) is 7.56. The topological polar surface area (TPSA) is 188 Å². The van der Waals surface area contributed by atoms with Crippen molar-refractivity contribution in [1.29, 1.82) is 0 Å². The molecule has 37 heavy (non-hydrogen) atoms. The van der Waals surface area contributed by atoms with Gasteiger partial charge in [-0.05, 0) is 44.7 Å². The van der Waals surface area contributed by atoms with Gasteiger partial charge in [0.25, 0.3) is 0 Å². The maximum Gasteiger partial charge on any atom is 0.409 e. The zero-order valence-electron chi connectivity index (χ0n) is 20.2. The minimum absolute atomic E-state index is 0.0615. The van der Waals surface area contributed by atoms with E-state index in [0.717, 1.165) is 19.8 Å². The van der Waals surface area contributed by atoms with Gasteiger partial charge < -0.3 is 44.0 Å². The molecule has 2 aromatic rings. The van der Waals surface area contributed by atoms with Crippen molar-refractivity contribution in [2.45, 2.75) is 49.8 Å². The lowest BCUT2D eigenvalue weighted by Crippen LogP contribution is -2.49. The lowest BCUT2D eigenvalue weighted by Gasteiger charge is -2.36. The number of anilines is 1. The third-order valence-corrected chi connectivity index (χ3v) is 9.53. The first kappa shape index (κ1) is 27.3. The van der Waals surface area contributed by atoms with E-state index >= 15 is 0 Å². The Hall–Kier alpha value is -2.69. The Morgan fingerprint density at radius 3 is 2.51 bits per heavy atom. The van der Waals surface area contributed by atoms with E-state index in [1.165, 1.54) is 13.3 Å². The Labute approximate surface area is 213 Å². The fourth-order valence-electron chi connectivity index (χ4n) is 4.49. The average Bonchev–Trinajstić information content (AvgIpc) is 3.68. The van der Waals surface area contributed by atoms with Gasteiger partial charge in [0.05, 0.1) is 32.5 Å². The number of carbonyl (C=O) groups is 2. The molecule has 1 aromatic carbocycles. The van der Waals surface area contributed by atoms with Crippen LogP contribution in [0.5, 0.6) is 5.75 Å². The number of nitrogens with one attached hydrogen (secondary N) is 1. The molecule has 2 heterocycles. The zero-order valence-corrected chi connectivity index (χ0v) is 22.1. The first-order chi connectivity index (χ1) is 17.4. The minimum Gasteiger partial charge on any atom is -0.492 e. The Bertz CT molecular complexity index is 1340. The van der Waals surface area contributed by atoms with Crippen molar-refractivity contribution >= 4 is 45.1 Å². The molecule has 13 nitrogen and oxygen atoms in total. The molecule has 202 valence electrons. The molecule has 3 unspecified atom stereocenters. The van der Waals surface area contributed by atoms with Crippen molar-refractivity contribution in [3.8, 4) is 5.75 Å². The number of benzene rings is 1. The first-order valence-corrected chi connectivity index (χ1v) is 14.2. The van der Waals surface area contributed by atoms with Gasteiger partial charge in [-0.15, -0.1) is 0 Å². The van der Waals surface area contributed by atoms with Gasteiger partial charge in [0.1, 0.15) is 5.56 Å². The molecule has 2 fully saturated rings. The highest BCUT2D eigenvalue weighted by Crippen LogP contribution is 2.59. The lowest BCUT2D eigenvalue weighted by atomic mass is 10.0. The molecule has 0 bridgehead atoms. The Balaban J connectivity index is 1.63. The molecule has 1 saturated heterocycles. The molecule has 2 aliphatic rings. The largest absolute Gasteiger partial charge is 0.492 e. The summed E-state index contributed by atoms with van der Waals surface area (Å²) >= 11 is 0. The summed E-state index contributed by atoms with van der Waals surface area (Å²) < 4.78 is 24.1. The second-order valence-electron chi connectivity index (χ2n) is 9.29. The van der Waals surface area contributed by atoms with Gasteiger partial charge in [0.2, 0.25) is 10.5 Å². The predicted octanol–water partition coefficient (Wildman–Crippen LogP) is 2.18. The van der Waals surface area contributed by atoms with Crippen LogP contribution in [0.4, 0.5) is 10.5 Å². The van der Waals surface area contributed by atoms with Crippen LogP contribution in [0.3, 0.4) is 0 Å². The average molecular weight is 557 g/mol. The monoisotopic (exact) mass is 557 g/mol. The number of fused-ring (bicyclic) bond motifs is 1. The van der Waals surface area contributed by atoms with E-state index in [4.69, 9.17) is 9.47 Å². The second kappa shape index (κ2) is 10.2. The van der Waals surface area contributed by atoms with E-state index < -0.39 is 45.0 Å². The number of amides is 1. The second-order valence-corrected chi connectivity index (χ2v) is 12.8. The van der Waals surface area contributed by atoms with Gasteiger partial charge in [-0.2, -0.15) is 0 Å². The van der Waals surface area contributed by atoms with Crippen LogP contribution in [0.15, 0.2) is 23.1 Å². The summed E-state index contributed by atoms with van der Waals surface area (Å²) in [6.07, 6.45) is 3.25. The van der Waals surface area contributed by atoms with E-state index in [-0.39, 0.29) is 17.0 Å². The highest BCUT2D eigenvalue weighted by atomic mass is 31.2. The van der Waals surface area contributed by atoms with Gasteiger partial charge in [0.15, 0.2) is 5.75 Å². The first-order valence-electron chi connectivity index (χ1n) is 11.6. The summed E-state index contributed by atoms with van der Waals surface area (Å²) in [5.74, 6) is -0.880. The van der Waals surface area contributed by atoms with Crippen LogP contribution < -0.4 is 20.4 Å². The molecule has 0 radical (unpaired) electrons. The van der Waals surface area contributed by atoms with Crippen molar-refractivity contribution in [1.82, 2.24) is 9.88 Å². The van der Waals surface area contributed by atoms with Gasteiger partial charge >= 0.3 is 19.7 Å². The summed E-state index contributed by atoms with van der Waals surface area (Å²) in [5, 5.41) is 10.0. The highest BCUT2D eigenvalue weighted by Gasteiger charge is 2.47. The lowest BCUT2D eigenvalue weighted by molar-refractivity contribution is 0.0694. The van der Waals surface area contributed by atoms with Crippen LogP contribution in [-0.4, -0.2) is 67.7 Å². The number of carboxylic acids is 1. The number of methoxy groups -OCH3 is 1. The van der Waals surface area contributed by atoms with E-state index in [0.29, 0.717) is 42.9 Å². The summed E-state index contributed by atoms with van der Waals surface area (Å²) in [6, 6.07) is 2.89. The van der Waals surface area contributed by atoms with E-state index in [9.17, 15) is 38.7 Å². The standard InChI is InChI=1S/C22H29N3O10P2/c1-22(36-30,37(31,32)33)35-21(29)23-12-4-3-9-24(10-12)16-8-7-14-17(19(16)34-2)25(13-5-6-13)11-15(18(14)26)20(27)28/h7-8,11-13,30,36H,3-6,9-10H2,1-2H3,(H,23,29)(H,27,28)(H2,31,32,33). The number of alkyl carbamates (subject to hydrolysis) is 1. The molecular formula is C22H29N3O10P2. The summed E-state index contributed by atoms with van der Waals surface area (Å²) in [5.41, 5.74) is 0.264. The van der Waals surface area contributed by atoms with Gasteiger partial charge in [-0.3, -0.25) is 9.36 Å². The molecule has 1 amide bonds. The molecule has 5 N–H and O–H groups in total. The van der Waals surface area contributed by atoms with Crippen molar-refractivity contribution < 1.29 is 43.4 Å². The molecule has 1 aromatic heterocycles. The molecule has 4 rings (SSSR count). The van der Waals surface area contributed by atoms with Crippen LogP contribution in [0.25, 0.3) is 10.9 Å². The van der Waals surface area contributed by atoms with Crippen molar-refractivity contribution in [3.63, 3.8) is 0 Å². The zero-order chi connectivity index (χ0) is 27.1. The summed E-state index contributed by atoms with van der Waals surface area (Å²) in [6.45, 7) is 1.88. The van der Waals surface area contributed by atoms with Crippen LogP contribution in [-0.2, 0) is 9.30 Å². The third kappa shape index (κ3) is 5.32. The SMILES string of the molecule is COc1c(N2CCCC(NC(=O)OC(C)(PO)P(=O)(O)O)C2)ccc2c(=O)c(C(=O)O)cn(C3CC3)c12. The van der Waals surface area contributed by atoms with E-state index in [2.05, 4.69) is 5.32 Å². The van der Waals surface area contributed by atoms with E-state index in [1.54, 1.807) is 16.7 Å². The molecule has 0 spiro atoms. The number of aromatic nitrogens is 1. The number of carbonyl (C=O) groups excluding carboxylic acids is 1. The molecule has 1 aliphatic heterocycles. The van der Waals surface area contributed by atoms with Crippen molar-refractivity contribution in [3.05, 3.63) is 34.1 Å². The number of pyridine rings is 1. The van der Waals surface area contributed by atoms with Crippen molar-refractivity contribution in [2.24, 2.45) is 0 Å². The molecule has 15 heteroatoms. The van der Waals surface area contributed by atoms with Gasteiger partial charge in [0, 0.05) is 31.4 Å². The van der Waals surface area contributed by atoms with Gasteiger partial charge in [-0.1, -0.05) is 0 Å². The Morgan fingerprint density at radius 2 is 1.95 bits per heavy atom. The fraction of sp³-hybridized carbons (Fsp3) is 0.500. The highest BCUT2D eigenvalue weighted by molar-refractivity contribution is 7.64. The number of rotatable bonds is 8. The number of nitrogens with zero attached hydrogens (tertiary/aromatic N) is 2. The third-order valence-electron chi connectivity index (χ3n) is 6.64. The number of carboxylic acid groups (broad SMARTS) is 1. The number of hydrogen-bond acceptors (Lipinski definition) is 8. The summed E-state index contributed by atoms with van der Waals surface area (Å²) in [7, 11) is -4.77. The van der Waals surface area contributed by atoms with Crippen molar-refractivity contribution in [2.75, 3.05) is 25.1 Å². The normalized spacial score (nSPS) is 20.1. The maximum atomic E-state index is 12.9. The number of hydrogen-bond donors (Lipinski definition) is 5. The smallest absolute Gasteiger partial charge is 0.409 e. The number of aromatic carboxylic acids is 1. The number of ether oxygens (including phenoxy) is 2. The van der Waals surface area contributed by atoms with Gasteiger partial charge in [-0.25, -0.2) is 9.59 Å². The predicted molar refractivity (Wildman–Crippen MR) is 136 cm³/mol. The molecular weight excluding hydrogens is 528 g/mol. The van der Waals surface area contributed by atoms with Crippen LogP contribution in [0, 0.1) is 0 Å². The summed E-state index contributed by atoms with van der Waals surface area (Å²) in [4.78, 5) is 67.2.